The predicted molar refractivity (Wildman–Crippen MR) is 206 cm³/mol. The second-order valence-corrected chi connectivity index (χ2v) is 12.4. The van der Waals surface area contributed by atoms with Gasteiger partial charge in [-0.3, -0.25) is 0 Å². The summed E-state index contributed by atoms with van der Waals surface area (Å²) < 4.78 is 2.53. The van der Waals surface area contributed by atoms with Crippen LogP contribution in [0.3, 0.4) is 0 Å². The van der Waals surface area contributed by atoms with Crippen LogP contribution in [0, 0.1) is 0 Å². The molecule has 0 fully saturated rings. The average molecular weight is 623 g/mol. The van der Waals surface area contributed by atoms with E-state index in [1.165, 1.54) is 69.7 Å². The van der Waals surface area contributed by atoms with Gasteiger partial charge in [0.25, 0.3) is 0 Å². The summed E-state index contributed by atoms with van der Waals surface area (Å²) in [6.07, 6.45) is 9.59. The van der Waals surface area contributed by atoms with Crippen molar-refractivity contribution < 1.29 is 0 Å². The number of hydrogen-bond donors (Lipinski definition) is 0. The highest BCUT2D eigenvalue weighted by Gasteiger charge is 2.16. The van der Waals surface area contributed by atoms with Crippen LogP contribution in [-0.4, -0.2) is 4.57 Å². The van der Waals surface area contributed by atoms with Crippen LogP contribution >= 0.6 is 0 Å². The molecule has 0 bridgehead atoms. The van der Waals surface area contributed by atoms with Crippen molar-refractivity contribution in [2.24, 2.45) is 0 Å². The molecule has 0 aliphatic rings. The fourth-order valence-electron chi connectivity index (χ4n) is 6.71. The fourth-order valence-corrected chi connectivity index (χ4v) is 6.71. The van der Waals surface area contributed by atoms with Crippen molar-refractivity contribution in [3.8, 4) is 0 Å². The molecule has 0 N–H and O–H groups in total. The van der Waals surface area contributed by atoms with Crippen LogP contribution in [0.1, 0.15) is 54.9 Å². The van der Waals surface area contributed by atoms with Crippen molar-refractivity contribution in [3.63, 3.8) is 0 Å². The smallest absolute Gasteiger partial charge is 0.0492 e. The third kappa shape index (κ3) is 6.75. The Morgan fingerprint density at radius 3 is 1.44 bits per heavy atom. The first kappa shape index (κ1) is 31.0. The van der Waals surface area contributed by atoms with E-state index in [9.17, 15) is 0 Å². The van der Waals surface area contributed by atoms with Gasteiger partial charge in [0.1, 0.15) is 0 Å². The first-order valence-electron chi connectivity index (χ1n) is 17.2. The fraction of sp³-hybridized carbons (Fsp3) is 0.130. The molecule has 0 spiro atoms. The zero-order valence-corrected chi connectivity index (χ0v) is 27.7. The first-order valence-corrected chi connectivity index (χ1v) is 17.2. The predicted octanol–water partition coefficient (Wildman–Crippen LogP) is 12.4. The lowest BCUT2D eigenvalue weighted by molar-refractivity contribution is 0.602. The van der Waals surface area contributed by atoms with Gasteiger partial charge in [-0.2, -0.15) is 0 Å². The highest BCUT2D eigenvalue weighted by molar-refractivity contribution is 6.09. The molecule has 0 aliphatic carbocycles. The molecular weight excluding hydrogens is 581 g/mol. The third-order valence-corrected chi connectivity index (χ3v) is 9.16. The van der Waals surface area contributed by atoms with Crippen LogP contribution in [0.15, 0.2) is 176 Å². The second-order valence-electron chi connectivity index (χ2n) is 12.4. The van der Waals surface area contributed by atoms with Crippen molar-refractivity contribution in [2.45, 2.75) is 39.2 Å². The lowest BCUT2D eigenvalue weighted by atomic mass is 9.97. The van der Waals surface area contributed by atoms with E-state index in [1.54, 1.807) is 0 Å². The molecule has 2 heteroatoms. The number of anilines is 1. The summed E-state index contributed by atoms with van der Waals surface area (Å²) in [6.45, 7) is 3.31. The van der Waals surface area contributed by atoms with E-state index in [-0.39, 0.29) is 0 Å². The summed E-state index contributed by atoms with van der Waals surface area (Å²) in [6, 6.07) is 58.8. The lowest BCUT2D eigenvalue weighted by Crippen LogP contribution is -2.11. The van der Waals surface area contributed by atoms with Crippen LogP contribution in [-0.2, 0) is 6.54 Å². The first-order chi connectivity index (χ1) is 23.8. The van der Waals surface area contributed by atoms with Crippen LogP contribution in [0.25, 0.3) is 33.0 Å². The molecular formula is C46H42N2. The Bertz CT molecular complexity index is 1960. The Balaban J connectivity index is 1.46. The minimum absolute atomic E-state index is 1.03. The van der Waals surface area contributed by atoms with Crippen molar-refractivity contribution in [3.05, 3.63) is 198 Å². The second kappa shape index (κ2) is 14.9. The Kier molecular flexibility index (Phi) is 9.61. The Morgan fingerprint density at radius 2 is 0.938 bits per heavy atom. The van der Waals surface area contributed by atoms with E-state index in [2.05, 4.69) is 193 Å². The van der Waals surface area contributed by atoms with Crippen LogP contribution in [0.2, 0.25) is 0 Å². The highest BCUT2D eigenvalue weighted by atomic mass is 15.1. The average Bonchev–Trinajstić information content (AvgIpc) is 3.47. The summed E-state index contributed by atoms with van der Waals surface area (Å²) in [5.41, 5.74) is 10.7. The van der Waals surface area contributed by atoms with Gasteiger partial charge in [-0.15, -0.1) is 0 Å². The maximum absolute atomic E-state index is 2.53. The number of aromatic nitrogens is 1. The molecule has 0 saturated heterocycles. The van der Waals surface area contributed by atoms with Gasteiger partial charge in [0.2, 0.25) is 0 Å². The van der Waals surface area contributed by atoms with Gasteiger partial charge in [-0.1, -0.05) is 166 Å². The molecule has 0 saturated carbocycles. The molecule has 0 unspecified atom stereocenters. The molecule has 7 aromatic rings. The van der Waals surface area contributed by atoms with Crippen molar-refractivity contribution >= 4 is 38.6 Å². The summed E-state index contributed by atoms with van der Waals surface area (Å²) in [7, 11) is 0. The standard InChI is InChI=1S/C46H42N2/c1-2-3-4-19-32-48-45-29-18-17-28-41(45)42-33-40(30-31-46(42)48)47(34-43(36-20-9-5-10-21-36)37-22-11-6-12-23-37)35-44(38-24-13-7-14-25-38)39-26-15-8-16-27-39/h5-18,20-31,33-35H,2-4,19,32H2,1H3. The van der Waals surface area contributed by atoms with Gasteiger partial charge < -0.3 is 9.47 Å². The molecule has 0 amide bonds. The van der Waals surface area contributed by atoms with Gasteiger partial charge in [0.05, 0.1) is 0 Å². The van der Waals surface area contributed by atoms with E-state index in [1.807, 2.05) is 0 Å². The van der Waals surface area contributed by atoms with Gasteiger partial charge in [-0.25, -0.2) is 0 Å². The van der Waals surface area contributed by atoms with E-state index in [0.717, 1.165) is 23.4 Å². The number of fused-ring (bicyclic) bond motifs is 3. The summed E-state index contributed by atoms with van der Waals surface area (Å²) in [4.78, 5) is 2.33. The topological polar surface area (TPSA) is 8.17 Å². The van der Waals surface area contributed by atoms with E-state index in [4.69, 9.17) is 0 Å². The molecule has 0 radical (unpaired) electrons. The summed E-state index contributed by atoms with van der Waals surface area (Å²) in [5, 5.41) is 2.59. The maximum Gasteiger partial charge on any atom is 0.0492 e. The SMILES string of the molecule is CCCCCCn1c2ccccc2c2cc(N(C=C(c3ccccc3)c3ccccc3)C=C(c3ccccc3)c3ccccc3)ccc21. The minimum atomic E-state index is 1.03. The quantitative estimate of drug-likeness (QED) is 0.123. The number of hydrogen-bond acceptors (Lipinski definition) is 1. The summed E-state index contributed by atoms with van der Waals surface area (Å²) in [5.74, 6) is 0. The zero-order valence-electron chi connectivity index (χ0n) is 27.7. The zero-order chi connectivity index (χ0) is 32.5. The molecule has 236 valence electrons. The van der Waals surface area contributed by atoms with E-state index < -0.39 is 0 Å². The Morgan fingerprint density at radius 1 is 0.479 bits per heavy atom. The highest BCUT2D eigenvalue weighted by Crippen LogP contribution is 2.35. The number of aryl methyl sites for hydroxylation is 1. The Hall–Kier alpha value is -5.60. The molecule has 2 nitrogen and oxygen atoms in total. The molecule has 1 heterocycles. The van der Waals surface area contributed by atoms with Crippen molar-refractivity contribution in [1.29, 1.82) is 0 Å². The number of benzene rings is 6. The van der Waals surface area contributed by atoms with Crippen molar-refractivity contribution in [2.75, 3.05) is 4.90 Å². The molecule has 0 atom stereocenters. The molecule has 0 aliphatic heterocycles. The number of nitrogens with zero attached hydrogens (tertiary/aromatic N) is 2. The normalized spacial score (nSPS) is 11.0. The minimum Gasteiger partial charge on any atom is -0.340 e. The lowest BCUT2D eigenvalue weighted by Gasteiger charge is -2.22. The number of para-hydroxylation sites is 1. The third-order valence-electron chi connectivity index (χ3n) is 9.16. The van der Waals surface area contributed by atoms with E-state index in [0.29, 0.717) is 0 Å². The molecule has 1 aromatic heterocycles. The van der Waals surface area contributed by atoms with Gasteiger partial charge in [-0.05, 0) is 52.9 Å². The molecule has 48 heavy (non-hydrogen) atoms. The Labute approximate surface area is 284 Å². The molecule has 6 aromatic carbocycles. The number of rotatable bonds is 12. The van der Waals surface area contributed by atoms with Crippen LogP contribution in [0.5, 0.6) is 0 Å². The van der Waals surface area contributed by atoms with Crippen LogP contribution < -0.4 is 4.90 Å². The van der Waals surface area contributed by atoms with Gasteiger partial charge in [0.15, 0.2) is 0 Å². The molecule has 7 rings (SSSR count). The maximum atomic E-state index is 2.53. The van der Waals surface area contributed by atoms with Gasteiger partial charge >= 0.3 is 0 Å². The van der Waals surface area contributed by atoms with Crippen molar-refractivity contribution in [1.82, 2.24) is 4.57 Å². The largest absolute Gasteiger partial charge is 0.340 e. The summed E-state index contributed by atoms with van der Waals surface area (Å²) >= 11 is 0. The monoisotopic (exact) mass is 622 g/mol. The van der Waals surface area contributed by atoms with E-state index >= 15 is 0 Å². The van der Waals surface area contributed by atoms with Crippen LogP contribution in [0.4, 0.5) is 5.69 Å². The van der Waals surface area contributed by atoms with Gasteiger partial charge in [0, 0.05) is 57.6 Å². The number of unbranched alkanes of at least 4 members (excludes halogenated alkanes) is 3.